The van der Waals surface area contributed by atoms with Gasteiger partial charge >= 0.3 is 0 Å². The minimum atomic E-state index is -3.45. The summed E-state index contributed by atoms with van der Waals surface area (Å²) in [7, 11) is -3.45. The van der Waals surface area contributed by atoms with E-state index >= 15 is 0 Å². The fourth-order valence-electron chi connectivity index (χ4n) is 2.30. The van der Waals surface area contributed by atoms with E-state index in [-0.39, 0.29) is 0 Å². The van der Waals surface area contributed by atoms with Gasteiger partial charge in [-0.05, 0) is 33.6 Å². The van der Waals surface area contributed by atoms with E-state index in [0.29, 0.717) is 43.7 Å². The molecule has 24 heavy (non-hydrogen) atoms. The van der Waals surface area contributed by atoms with Crippen molar-refractivity contribution >= 4 is 31.9 Å². The number of sulfonamides is 1. The third-order valence-corrected chi connectivity index (χ3v) is 5.92. The van der Waals surface area contributed by atoms with Crippen molar-refractivity contribution in [2.24, 2.45) is 0 Å². The van der Waals surface area contributed by atoms with E-state index in [2.05, 4.69) is 31.2 Å². The first-order valence-corrected chi connectivity index (χ1v) is 9.67. The van der Waals surface area contributed by atoms with Crippen molar-refractivity contribution in [1.82, 2.24) is 14.3 Å². The molecule has 0 bridgehead atoms. The second-order valence-corrected chi connectivity index (χ2v) is 8.09. The van der Waals surface area contributed by atoms with E-state index in [9.17, 15) is 8.42 Å². The van der Waals surface area contributed by atoms with Crippen molar-refractivity contribution in [3.8, 4) is 0 Å². The maximum Gasteiger partial charge on any atom is 0.243 e. The molecule has 2 heterocycles. The molecule has 1 N–H and O–H groups in total. The highest BCUT2D eigenvalue weighted by atomic mass is 79.9. The fourth-order valence-corrected chi connectivity index (χ4v) is 3.91. The lowest BCUT2D eigenvalue weighted by Gasteiger charge is -2.26. The molecule has 3 rings (SSSR count). The van der Waals surface area contributed by atoms with E-state index in [1.165, 1.54) is 4.31 Å². The summed E-state index contributed by atoms with van der Waals surface area (Å²) in [6, 6.07) is 6.84. The number of nitrogens with zero attached hydrogens (tertiary/aromatic N) is 3. The smallest absolute Gasteiger partial charge is 0.243 e. The molecule has 0 radical (unpaired) electrons. The summed E-state index contributed by atoms with van der Waals surface area (Å²) < 4.78 is 32.6. The Bertz CT molecular complexity index is 775. The van der Waals surface area contributed by atoms with Gasteiger partial charge in [-0.2, -0.15) is 4.31 Å². The summed E-state index contributed by atoms with van der Waals surface area (Å²) in [5.74, 6) is 0.517. The quantitative estimate of drug-likeness (QED) is 0.806. The number of nitrogens with one attached hydrogen (secondary N) is 1. The molecular weight excluding hydrogens is 396 g/mol. The van der Waals surface area contributed by atoms with Gasteiger partial charge in [0.2, 0.25) is 16.0 Å². The molecule has 0 unspecified atom stereocenters. The van der Waals surface area contributed by atoms with Gasteiger partial charge in [-0.1, -0.05) is 12.1 Å². The summed E-state index contributed by atoms with van der Waals surface area (Å²) >= 11 is 3.28. The van der Waals surface area contributed by atoms with Crippen LogP contribution in [0.4, 0.5) is 5.95 Å². The highest BCUT2D eigenvalue weighted by Crippen LogP contribution is 2.18. The van der Waals surface area contributed by atoms with Crippen LogP contribution in [0.1, 0.15) is 5.56 Å². The zero-order chi connectivity index (χ0) is 17.0. The normalized spacial score (nSPS) is 16.0. The summed E-state index contributed by atoms with van der Waals surface area (Å²) in [6.45, 7) is 2.18. The molecule has 1 aliphatic rings. The van der Waals surface area contributed by atoms with Crippen LogP contribution in [0.2, 0.25) is 0 Å². The lowest BCUT2D eigenvalue weighted by molar-refractivity contribution is 0.0730. The summed E-state index contributed by atoms with van der Waals surface area (Å²) in [5.41, 5.74) is 0.947. The van der Waals surface area contributed by atoms with Crippen LogP contribution in [0.25, 0.3) is 0 Å². The van der Waals surface area contributed by atoms with Crippen molar-refractivity contribution < 1.29 is 13.2 Å². The minimum absolute atomic E-state index is 0.299. The van der Waals surface area contributed by atoms with Crippen molar-refractivity contribution in [2.45, 2.75) is 11.4 Å². The van der Waals surface area contributed by atoms with Crippen LogP contribution >= 0.6 is 15.9 Å². The number of halogens is 1. The Morgan fingerprint density at radius 2 is 1.75 bits per heavy atom. The highest BCUT2D eigenvalue weighted by molar-refractivity contribution is 9.10. The molecule has 0 saturated carbocycles. The first-order valence-electron chi connectivity index (χ1n) is 7.44. The number of hydrogen-bond acceptors (Lipinski definition) is 6. The Labute approximate surface area is 149 Å². The maximum absolute atomic E-state index is 12.5. The topological polar surface area (TPSA) is 84.4 Å². The van der Waals surface area contributed by atoms with Gasteiger partial charge in [0.25, 0.3) is 0 Å². The number of benzene rings is 1. The average molecular weight is 413 g/mol. The molecule has 0 amide bonds. The Balaban J connectivity index is 1.65. The van der Waals surface area contributed by atoms with Crippen LogP contribution in [0.15, 0.2) is 46.0 Å². The second kappa shape index (κ2) is 7.56. The van der Waals surface area contributed by atoms with Crippen LogP contribution < -0.4 is 5.32 Å². The van der Waals surface area contributed by atoms with Crippen LogP contribution in [0.5, 0.6) is 0 Å². The molecule has 1 aromatic carbocycles. The Hall–Kier alpha value is -1.55. The van der Waals surface area contributed by atoms with Crippen LogP contribution in [0.3, 0.4) is 0 Å². The molecule has 7 nitrogen and oxygen atoms in total. The number of hydrogen-bond donors (Lipinski definition) is 1. The van der Waals surface area contributed by atoms with E-state index in [0.717, 1.165) is 10.0 Å². The first kappa shape index (κ1) is 17.3. The van der Waals surface area contributed by atoms with Crippen LogP contribution in [-0.2, 0) is 21.3 Å². The zero-order valence-electron chi connectivity index (χ0n) is 12.9. The third kappa shape index (κ3) is 4.10. The van der Waals surface area contributed by atoms with Gasteiger partial charge in [0, 0.05) is 32.0 Å². The van der Waals surface area contributed by atoms with Gasteiger partial charge in [-0.15, -0.1) is 0 Å². The minimum Gasteiger partial charge on any atom is -0.379 e. The van der Waals surface area contributed by atoms with Gasteiger partial charge in [0.05, 0.1) is 22.6 Å². The van der Waals surface area contributed by atoms with Gasteiger partial charge in [-0.25, -0.2) is 18.4 Å². The molecule has 1 saturated heterocycles. The maximum atomic E-state index is 12.5. The first-order chi connectivity index (χ1) is 11.6. The SMILES string of the molecule is O=S(=O)(c1ccc(CNc2ncc(Br)cn2)cc1)N1CCOCC1. The summed E-state index contributed by atoms with van der Waals surface area (Å²) in [6.07, 6.45) is 3.32. The fraction of sp³-hybridized carbons (Fsp3) is 0.333. The van der Waals surface area contributed by atoms with Gasteiger partial charge in [-0.3, -0.25) is 0 Å². The van der Waals surface area contributed by atoms with E-state index < -0.39 is 10.0 Å². The van der Waals surface area contributed by atoms with Crippen molar-refractivity contribution in [3.05, 3.63) is 46.7 Å². The Kier molecular flexibility index (Phi) is 5.44. The number of aromatic nitrogens is 2. The molecule has 0 aliphatic carbocycles. The number of morpholine rings is 1. The largest absolute Gasteiger partial charge is 0.379 e. The van der Waals surface area contributed by atoms with Gasteiger partial charge in [0.1, 0.15) is 0 Å². The predicted molar refractivity (Wildman–Crippen MR) is 93.1 cm³/mol. The molecule has 128 valence electrons. The van der Waals surface area contributed by atoms with Crippen LogP contribution in [0, 0.1) is 0 Å². The second-order valence-electron chi connectivity index (χ2n) is 5.24. The number of rotatable bonds is 5. The zero-order valence-corrected chi connectivity index (χ0v) is 15.3. The third-order valence-electron chi connectivity index (χ3n) is 3.60. The molecule has 1 aliphatic heterocycles. The standard InChI is InChI=1S/C15H17BrN4O3S/c16-13-10-18-15(19-11-13)17-9-12-1-3-14(4-2-12)24(21,22)20-5-7-23-8-6-20/h1-4,10-11H,5-9H2,(H,17,18,19). The van der Waals surface area contributed by atoms with Gasteiger partial charge in [0.15, 0.2) is 0 Å². The molecular formula is C15H17BrN4O3S. The molecule has 0 spiro atoms. The van der Waals surface area contributed by atoms with Gasteiger partial charge < -0.3 is 10.1 Å². The van der Waals surface area contributed by atoms with Crippen molar-refractivity contribution in [3.63, 3.8) is 0 Å². The average Bonchev–Trinajstić information content (AvgIpc) is 2.62. The molecule has 9 heteroatoms. The van der Waals surface area contributed by atoms with E-state index in [4.69, 9.17) is 4.74 Å². The predicted octanol–water partition coefficient (Wildman–Crippen LogP) is 1.87. The number of ether oxygens (including phenoxy) is 1. The summed E-state index contributed by atoms with van der Waals surface area (Å²) in [4.78, 5) is 8.55. The van der Waals surface area contributed by atoms with Crippen LogP contribution in [-0.4, -0.2) is 49.0 Å². The molecule has 0 atom stereocenters. The lowest BCUT2D eigenvalue weighted by atomic mass is 10.2. The van der Waals surface area contributed by atoms with Crippen molar-refractivity contribution in [1.29, 1.82) is 0 Å². The monoisotopic (exact) mass is 412 g/mol. The highest BCUT2D eigenvalue weighted by Gasteiger charge is 2.25. The van der Waals surface area contributed by atoms with Crippen molar-refractivity contribution in [2.75, 3.05) is 31.6 Å². The van der Waals surface area contributed by atoms with E-state index in [1.54, 1.807) is 36.7 Å². The Morgan fingerprint density at radius 3 is 2.38 bits per heavy atom. The van der Waals surface area contributed by atoms with E-state index in [1.807, 2.05) is 0 Å². The molecule has 1 aromatic heterocycles. The molecule has 2 aromatic rings. The Morgan fingerprint density at radius 1 is 1.12 bits per heavy atom. The summed E-state index contributed by atoms with van der Waals surface area (Å²) in [5, 5.41) is 3.09. The molecule has 1 fully saturated rings. The lowest BCUT2D eigenvalue weighted by Crippen LogP contribution is -2.40. The number of anilines is 1.